The summed E-state index contributed by atoms with van der Waals surface area (Å²) in [5, 5.41) is 10.2. The number of nitrogens with two attached hydrogens (primary N) is 1. The number of carbonyl (C=O) groups is 1. The Kier molecular flexibility index (Phi) is 8.12. The molecule has 0 aliphatic carbocycles. The first kappa shape index (κ1) is 32.0. The van der Waals surface area contributed by atoms with Gasteiger partial charge in [0.15, 0.2) is 17.4 Å². The predicted octanol–water partition coefficient (Wildman–Crippen LogP) is 4.42. The normalized spacial score (nSPS) is 20.8. The van der Waals surface area contributed by atoms with Gasteiger partial charge in [-0.25, -0.2) is 18.7 Å². The van der Waals surface area contributed by atoms with Gasteiger partial charge in [0.25, 0.3) is 0 Å². The van der Waals surface area contributed by atoms with Gasteiger partial charge in [0, 0.05) is 61.0 Å². The molecule has 5 N–H and O–H groups in total. The van der Waals surface area contributed by atoms with Crippen LogP contribution in [0.3, 0.4) is 0 Å². The molecule has 2 unspecified atom stereocenters. The van der Waals surface area contributed by atoms with Crippen LogP contribution in [0.4, 0.5) is 33.5 Å². The van der Waals surface area contributed by atoms with Crippen molar-refractivity contribution in [3.63, 3.8) is 0 Å². The average Bonchev–Trinajstić information content (AvgIpc) is 3.05. The number of halogens is 5. The lowest BCUT2D eigenvalue weighted by atomic mass is 9.74. The van der Waals surface area contributed by atoms with Crippen molar-refractivity contribution in [3.05, 3.63) is 35.0 Å². The van der Waals surface area contributed by atoms with E-state index in [1.807, 2.05) is 11.8 Å². The van der Waals surface area contributed by atoms with Crippen molar-refractivity contribution in [2.45, 2.75) is 65.1 Å². The lowest BCUT2D eigenvalue weighted by Crippen LogP contribution is -2.73. The fourth-order valence-electron chi connectivity index (χ4n) is 6.46. The fourth-order valence-corrected chi connectivity index (χ4v) is 6.46. The first-order chi connectivity index (χ1) is 21.7. The van der Waals surface area contributed by atoms with E-state index >= 15 is 4.39 Å². The van der Waals surface area contributed by atoms with Gasteiger partial charge in [-0.15, -0.1) is 13.2 Å². The Morgan fingerprint density at radius 3 is 2.57 bits per heavy atom. The zero-order valence-electron chi connectivity index (χ0n) is 25.9. The molecule has 3 aromatic rings. The van der Waals surface area contributed by atoms with E-state index in [1.165, 1.54) is 0 Å². The van der Waals surface area contributed by atoms with Crippen LogP contribution in [-0.4, -0.2) is 78.0 Å². The highest BCUT2D eigenvalue weighted by molar-refractivity contribution is 6.01. The van der Waals surface area contributed by atoms with Gasteiger partial charge in [-0.05, 0) is 38.8 Å². The number of hydrogen-bond acceptors (Lipinski definition) is 9. The standard InChI is InChI=1S/C31H36F5N7O3/c1-5-6-20(29(44)43-12-30(13-43)10-38-11-30)39-9-21-16(4)45-28-23-22(14(2)15(3)40-27(23)41-21)24(33)25(42-28)18-7-17(37)8-19(32)26(18)46-31(34,35)36/h7-8,16,20-21,38-39H,5-6,9-13,37H2,1-4H3,(H,40,41)/t16?,20?,21-/m0/s1. The Hall–Kier alpha value is -3.98. The summed E-state index contributed by atoms with van der Waals surface area (Å²) in [5.41, 5.74) is 5.28. The Balaban J connectivity index is 1.34. The lowest BCUT2D eigenvalue weighted by Gasteiger charge is -2.56. The number of benzene rings is 1. The molecule has 248 valence electrons. The second kappa shape index (κ2) is 11.7. The zero-order chi connectivity index (χ0) is 33.1. The third kappa shape index (κ3) is 5.74. The van der Waals surface area contributed by atoms with E-state index in [0.717, 1.165) is 38.7 Å². The minimum absolute atomic E-state index is 0.00663. The first-order valence-corrected chi connectivity index (χ1v) is 15.2. The lowest BCUT2D eigenvalue weighted by molar-refractivity contribution is -0.275. The molecule has 1 spiro atoms. The predicted molar refractivity (Wildman–Crippen MR) is 162 cm³/mol. The number of nitrogens with zero attached hydrogens (tertiary/aromatic N) is 3. The average molecular weight is 650 g/mol. The molecule has 10 nitrogen and oxygen atoms in total. The first-order valence-electron chi connectivity index (χ1n) is 15.2. The minimum Gasteiger partial charge on any atom is -0.472 e. The van der Waals surface area contributed by atoms with E-state index in [1.54, 1.807) is 20.8 Å². The summed E-state index contributed by atoms with van der Waals surface area (Å²) < 4.78 is 81.3. The maximum absolute atomic E-state index is 16.4. The Labute approximate surface area is 262 Å². The number of rotatable bonds is 8. The zero-order valence-corrected chi connectivity index (χ0v) is 25.9. The van der Waals surface area contributed by atoms with Crippen LogP contribution in [0, 0.1) is 30.9 Å². The molecule has 3 aliphatic heterocycles. The van der Waals surface area contributed by atoms with Crippen LogP contribution in [0.5, 0.6) is 11.6 Å². The highest BCUT2D eigenvalue weighted by Crippen LogP contribution is 2.45. The van der Waals surface area contributed by atoms with Gasteiger partial charge in [-0.2, -0.15) is 0 Å². The number of nitrogens with one attached hydrogen (secondary N) is 3. The molecule has 2 aromatic heterocycles. The van der Waals surface area contributed by atoms with Crippen molar-refractivity contribution in [3.8, 4) is 22.9 Å². The SMILES string of the molecule is CCCC(NC[C@@H]1Nc2nc(C)c(C)c3c(F)c(-c4cc(N)cc(F)c4OC(F)(F)F)nc(c23)OC1C)C(=O)N1CC2(CNC2)C1. The maximum Gasteiger partial charge on any atom is 0.573 e. The summed E-state index contributed by atoms with van der Waals surface area (Å²) in [7, 11) is 0. The fraction of sp³-hybridized carbons (Fsp3) is 0.516. The molecule has 1 aromatic carbocycles. The quantitative estimate of drug-likeness (QED) is 0.207. The number of aromatic nitrogens is 2. The second-order valence-electron chi connectivity index (χ2n) is 12.5. The van der Waals surface area contributed by atoms with Crippen LogP contribution in [0.2, 0.25) is 0 Å². The number of hydrogen-bond donors (Lipinski definition) is 4. The van der Waals surface area contributed by atoms with E-state index in [2.05, 4.69) is 30.7 Å². The summed E-state index contributed by atoms with van der Waals surface area (Å²) in [4.78, 5) is 24.2. The van der Waals surface area contributed by atoms with E-state index in [0.29, 0.717) is 23.7 Å². The van der Waals surface area contributed by atoms with Crippen molar-refractivity contribution in [1.82, 2.24) is 25.5 Å². The molecule has 3 aliphatic rings. The number of alkyl halides is 3. The van der Waals surface area contributed by atoms with E-state index in [9.17, 15) is 22.4 Å². The summed E-state index contributed by atoms with van der Waals surface area (Å²) >= 11 is 0. The smallest absolute Gasteiger partial charge is 0.472 e. The summed E-state index contributed by atoms with van der Waals surface area (Å²) in [6, 6.07) is 0.723. The van der Waals surface area contributed by atoms with Crippen molar-refractivity contribution in [1.29, 1.82) is 0 Å². The van der Waals surface area contributed by atoms with E-state index < -0.39 is 53.2 Å². The number of pyridine rings is 2. The topological polar surface area (TPSA) is 127 Å². The molecule has 0 radical (unpaired) electrons. The molecule has 1 amide bonds. The summed E-state index contributed by atoms with van der Waals surface area (Å²) in [5.74, 6) is -3.53. The van der Waals surface area contributed by atoms with Crippen LogP contribution in [0.15, 0.2) is 12.1 Å². The molecular weight excluding hydrogens is 613 g/mol. The van der Waals surface area contributed by atoms with Gasteiger partial charge in [0.1, 0.15) is 17.6 Å². The Morgan fingerprint density at radius 2 is 1.93 bits per heavy atom. The van der Waals surface area contributed by atoms with Gasteiger partial charge in [0.2, 0.25) is 11.8 Å². The van der Waals surface area contributed by atoms with Crippen LogP contribution >= 0.6 is 0 Å². The number of aryl methyl sites for hydroxylation is 2. The number of ether oxygens (including phenoxy) is 2. The van der Waals surface area contributed by atoms with Crippen molar-refractivity contribution in [2.24, 2.45) is 5.41 Å². The van der Waals surface area contributed by atoms with E-state index in [4.69, 9.17) is 10.5 Å². The monoisotopic (exact) mass is 649 g/mol. The van der Waals surface area contributed by atoms with Gasteiger partial charge in [-0.1, -0.05) is 13.3 Å². The molecule has 6 rings (SSSR count). The number of anilines is 2. The molecule has 2 saturated heterocycles. The van der Waals surface area contributed by atoms with Gasteiger partial charge >= 0.3 is 6.36 Å². The van der Waals surface area contributed by atoms with E-state index in [-0.39, 0.29) is 46.0 Å². The van der Waals surface area contributed by atoms with Crippen molar-refractivity contribution < 1.29 is 36.2 Å². The van der Waals surface area contributed by atoms with Crippen LogP contribution in [-0.2, 0) is 4.79 Å². The number of amides is 1. The summed E-state index contributed by atoms with van der Waals surface area (Å²) in [6.45, 7) is 10.6. The van der Waals surface area contributed by atoms with Crippen LogP contribution in [0.25, 0.3) is 22.0 Å². The van der Waals surface area contributed by atoms with Gasteiger partial charge < -0.3 is 36.1 Å². The highest BCUT2D eigenvalue weighted by atomic mass is 19.4. The maximum atomic E-state index is 16.4. The molecule has 15 heteroatoms. The van der Waals surface area contributed by atoms with Gasteiger partial charge in [-0.3, -0.25) is 4.79 Å². The molecule has 2 fully saturated rings. The number of nitrogen functional groups attached to an aromatic ring is 1. The molecule has 0 saturated carbocycles. The highest BCUT2D eigenvalue weighted by Gasteiger charge is 2.50. The Morgan fingerprint density at radius 1 is 1.22 bits per heavy atom. The number of carbonyl (C=O) groups excluding carboxylic acids is 1. The molecule has 5 heterocycles. The molecule has 3 atom stereocenters. The third-order valence-electron chi connectivity index (χ3n) is 9.09. The second-order valence-corrected chi connectivity index (χ2v) is 12.5. The minimum atomic E-state index is -5.27. The van der Waals surface area contributed by atoms with Crippen LogP contribution in [0.1, 0.15) is 37.9 Å². The molecule has 0 bridgehead atoms. The summed E-state index contributed by atoms with van der Waals surface area (Å²) in [6.07, 6.45) is -4.49. The largest absolute Gasteiger partial charge is 0.573 e. The molecule has 46 heavy (non-hydrogen) atoms. The van der Waals surface area contributed by atoms with Gasteiger partial charge in [0.05, 0.1) is 23.0 Å². The van der Waals surface area contributed by atoms with Crippen LogP contribution < -0.4 is 31.2 Å². The van der Waals surface area contributed by atoms with Crippen molar-refractivity contribution in [2.75, 3.05) is 43.8 Å². The van der Waals surface area contributed by atoms with Crippen molar-refractivity contribution >= 4 is 28.2 Å². The Bertz CT molecular complexity index is 1690. The number of likely N-dealkylation sites (tertiary alicyclic amines) is 1. The molecular formula is C31H36F5N7O3. The third-order valence-corrected chi connectivity index (χ3v) is 9.09.